The molecule has 2 bridgehead atoms. The smallest absolute Gasteiger partial charge is 0.222 e. The van der Waals surface area contributed by atoms with Crippen molar-refractivity contribution in [3.8, 4) is 0 Å². The Balaban J connectivity index is 1.51. The molecule has 25 heavy (non-hydrogen) atoms. The lowest BCUT2D eigenvalue weighted by molar-refractivity contribution is -0.182. The van der Waals surface area contributed by atoms with E-state index in [1.165, 1.54) is 0 Å². The number of carbonyl (C=O) groups excluding carboxylic acids is 1. The minimum Gasteiger partial charge on any atom is -0.393 e. The number of rotatable bonds is 1. The summed E-state index contributed by atoms with van der Waals surface area (Å²) in [4.78, 5) is 12.0. The normalized spacial score (nSPS) is 59.8. The fraction of sp³-hybridized carbons (Fsp3) is 0.950. The Hall–Kier alpha value is -0.650. The van der Waals surface area contributed by atoms with Gasteiger partial charge in [-0.15, -0.1) is 0 Å². The van der Waals surface area contributed by atoms with E-state index >= 15 is 0 Å². The van der Waals surface area contributed by atoms with Gasteiger partial charge in [0, 0.05) is 12.3 Å². The van der Waals surface area contributed by atoms with Crippen LogP contribution in [0.4, 0.5) is 0 Å². The highest BCUT2D eigenvalue weighted by molar-refractivity contribution is 5.79. The van der Waals surface area contributed by atoms with E-state index in [0.717, 1.165) is 44.9 Å². The van der Waals surface area contributed by atoms with Crippen molar-refractivity contribution in [3.05, 3.63) is 0 Å². The molecule has 4 N–H and O–H groups in total. The SMILES string of the molecule is C[C@@]12CC[C@]3(O)NC(=O)C[C@@H]3[C@H]1CC[C@@]13C[C@@H](CC[C@H]12)[C@@](O)(CO)C3. The third-order valence-corrected chi connectivity index (χ3v) is 9.39. The van der Waals surface area contributed by atoms with Crippen LogP contribution in [0.25, 0.3) is 0 Å². The molecule has 5 rings (SSSR count). The van der Waals surface area contributed by atoms with Crippen molar-refractivity contribution in [2.75, 3.05) is 6.61 Å². The third kappa shape index (κ3) is 1.93. The van der Waals surface area contributed by atoms with E-state index < -0.39 is 11.3 Å². The lowest BCUT2D eigenvalue weighted by Gasteiger charge is -2.63. The molecule has 1 saturated heterocycles. The van der Waals surface area contributed by atoms with Crippen molar-refractivity contribution in [2.45, 2.75) is 76.0 Å². The molecular formula is C20H31NO4. The molecule has 1 heterocycles. The van der Waals surface area contributed by atoms with Gasteiger partial charge in [0.2, 0.25) is 5.91 Å². The minimum atomic E-state index is -0.996. The van der Waals surface area contributed by atoms with E-state index in [4.69, 9.17) is 0 Å². The van der Waals surface area contributed by atoms with Gasteiger partial charge in [0.05, 0.1) is 12.2 Å². The molecule has 0 aromatic carbocycles. The summed E-state index contributed by atoms with van der Waals surface area (Å²) in [6.07, 6.45) is 8.05. The van der Waals surface area contributed by atoms with Gasteiger partial charge in [-0.25, -0.2) is 0 Å². The van der Waals surface area contributed by atoms with Crippen molar-refractivity contribution < 1.29 is 20.1 Å². The Kier molecular flexibility index (Phi) is 3.16. The topological polar surface area (TPSA) is 89.8 Å². The molecule has 0 radical (unpaired) electrons. The molecule has 140 valence electrons. The molecule has 0 aromatic rings. The van der Waals surface area contributed by atoms with Crippen LogP contribution in [-0.2, 0) is 4.79 Å². The van der Waals surface area contributed by atoms with Crippen LogP contribution in [0.1, 0.15) is 64.7 Å². The Bertz CT molecular complexity index is 625. The van der Waals surface area contributed by atoms with Gasteiger partial charge in [-0.3, -0.25) is 4.79 Å². The molecule has 5 aliphatic rings. The predicted molar refractivity (Wildman–Crippen MR) is 91.2 cm³/mol. The third-order valence-electron chi connectivity index (χ3n) is 9.39. The second kappa shape index (κ2) is 4.79. The quantitative estimate of drug-likeness (QED) is 0.578. The molecule has 8 atom stereocenters. The number of aliphatic hydroxyl groups excluding tert-OH is 1. The minimum absolute atomic E-state index is 0.00346. The van der Waals surface area contributed by atoms with Gasteiger partial charge >= 0.3 is 0 Å². The number of nitrogens with one attached hydrogen (secondary N) is 1. The average Bonchev–Trinajstić information content (AvgIpc) is 2.98. The summed E-state index contributed by atoms with van der Waals surface area (Å²) in [6.45, 7) is 2.27. The molecule has 1 amide bonds. The number of aliphatic hydroxyl groups is 3. The maximum Gasteiger partial charge on any atom is 0.222 e. The fourth-order valence-electron chi connectivity index (χ4n) is 8.38. The number of hydrogen-bond donors (Lipinski definition) is 4. The van der Waals surface area contributed by atoms with Crippen molar-refractivity contribution in [2.24, 2.45) is 34.5 Å². The van der Waals surface area contributed by atoms with E-state index in [0.29, 0.717) is 24.7 Å². The van der Waals surface area contributed by atoms with Gasteiger partial charge in [0.25, 0.3) is 0 Å². The van der Waals surface area contributed by atoms with Gasteiger partial charge in [-0.05, 0) is 80.0 Å². The molecule has 1 aliphatic heterocycles. The zero-order chi connectivity index (χ0) is 17.7. The first-order valence-electron chi connectivity index (χ1n) is 10.1. The lowest BCUT2D eigenvalue weighted by Crippen LogP contribution is -2.61. The van der Waals surface area contributed by atoms with Crippen molar-refractivity contribution >= 4 is 5.91 Å². The van der Waals surface area contributed by atoms with Gasteiger partial charge in [0.1, 0.15) is 5.72 Å². The molecule has 0 unspecified atom stereocenters. The maximum atomic E-state index is 12.0. The van der Waals surface area contributed by atoms with E-state index in [1.54, 1.807) is 0 Å². The first-order valence-corrected chi connectivity index (χ1v) is 10.1. The molecule has 5 heteroatoms. The molecular weight excluding hydrogens is 318 g/mol. The van der Waals surface area contributed by atoms with Crippen LogP contribution in [-0.4, -0.2) is 39.2 Å². The zero-order valence-corrected chi connectivity index (χ0v) is 15.1. The second-order valence-electron chi connectivity index (χ2n) is 10.3. The summed E-state index contributed by atoms with van der Waals surface area (Å²) >= 11 is 0. The molecule has 4 aliphatic carbocycles. The predicted octanol–water partition coefficient (Wildman–Crippen LogP) is 1.55. The Morgan fingerprint density at radius 1 is 1.12 bits per heavy atom. The van der Waals surface area contributed by atoms with Crippen molar-refractivity contribution in [1.29, 1.82) is 0 Å². The first kappa shape index (κ1) is 16.5. The maximum absolute atomic E-state index is 12.0. The second-order valence-corrected chi connectivity index (χ2v) is 10.3. The average molecular weight is 349 g/mol. The zero-order valence-electron chi connectivity index (χ0n) is 15.1. The van der Waals surface area contributed by atoms with Gasteiger partial charge in [-0.1, -0.05) is 6.92 Å². The summed E-state index contributed by atoms with van der Waals surface area (Å²) in [5, 5.41) is 34.6. The van der Waals surface area contributed by atoms with Crippen molar-refractivity contribution in [3.63, 3.8) is 0 Å². The molecule has 5 fully saturated rings. The summed E-state index contributed by atoms with van der Waals surface area (Å²) in [5.41, 5.74) is -1.60. The Morgan fingerprint density at radius 3 is 2.68 bits per heavy atom. The highest BCUT2D eigenvalue weighted by Gasteiger charge is 2.69. The summed E-state index contributed by atoms with van der Waals surface area (Å²) in [5.74, 6) is 1.18. The molecule has 5 nitrogen and oxygen atoms in total. The largest absolute Gasteiger partial charge is 0.393 e. The number of fused-ring (bicyclic) bond motifs is 5. The summed E-state index contributed by atoms with van der Waals surface area (Å²) in [6, 6.07) is 0. The van der Waals surface area contributed by atoms with Crippen LogP contribution < -0.4 is 5.32 Å². The van der Waals surface area contributed by atoms with E-state index in [2.05, 4.69) is 12.2 Å². The van der Waals surface area contributed by atoms with Crippen LogP contribution in [0.2, 0.25) is 0 Å². The molecule has 0 aromatic heterocycles. The first-order chi connectivity index (χ1) is 11.7. The standard InChI is InChI=1S/C20H31NO4/c1-17-6-7-20(25)14(8-16(23)21-20)13(17)4-5-18-9-12(2-3-15(17)18)19(24,10-18)11-22/h12-15,22,24-25H,2-11H2,1H3,(H,21,23)/t12-,13-,14-,15+,17-,18+,19+,20-/m1/s1. The molecule has 1 spiro atoms. The van der Waals surface area contributed by atoms with Crippen LogP contribution >= 0.6 is 0 Å². The fourth-order valence-corrected chi connectivity index (χ4v) is 8.38. The Labute approximate surface area is 149 Å². The lowest BCUT2D eigenvalue weighted by atomic mass is 9.42. The highest BCUT2D eigenvalue weighted by atomic mass is 16.3. The Morgan fingerprint density at radius 2 is 1.92 bits per heavy atom. The van der Waals surface area contributed by atoms with Gasteiger partial charge in [-0.2, -0.15) is 0 Å². The highest BCUT2D eigenvalue weighted by Crippen LogP contribution is 2.72. The van der Waals surface area contributed by atoms with Gasteiger partial charge < -0.3 is 20.6 Å². The van der Waals surface area contributed by atoms with Crippen LogP contribution in [0, 0.1) is 34.5 Å². The number of hydrogen-bond acceptors (Lipinski definition) is 4. The summed E-state index contributed by atoms with van der Waals surface area (Å²) in [7, 11) is 0. The number of amides is 1. The van der Waals surface area contributed by atoms with Crippen LogP contribution in [0.15, 0.2) is 0 Å². The van der Waals surface area contributed by atoms with Crippen molar-refractivity contribution in [1.82, 2.24) is 5.32 Å². The van der Waals surface area contributed by atoms with E-state index in [1.807, 2.05) is 0 Å². The van der Waals surface area contributed by atoms with E-state index in [-0.39, 0.29) is 35.2 Å². The van der Waals surface area contributed by atoms with Gasteiger partial charge in [0.15, 0.2) is 0 Å². The van der Waals surface area contributed by atoms with Crippen LogP contribution in [0.3, 0.4) is 0 Å². The molecule has 4 saturated carbocycles. The monoisotopic (exact) mass is 349 g/mol. The number of carbonyl (C=O) groups is 1. The van der Waals surface area contributed by atoms with Crippen LogP contribution in [0.5, 0.6) is 0 Å². The summed E-state index contributed by atoms with van der Waals surface area (Å²) < 4.78 is 0. The van der Waals surface area contributed by atoms with E-state index in [9.17, 15) is 20.1 Å².